The van der Waals surface area contributed by atoms with Gasteiger partial charge in [0.25, 0.3) is 0 Å². The predicted octanol–water partition coefficient (Wildman–Crippen LogP) is 12.0. The molecule has 0 bridgehead atoms. The Bertz CT molecular complexity index is 1450. The third-order valence-electron chi connectivity index (χ3n) is 9.00. The third kappa shape index (κ3) is 15.7. The molecule has 1 aromatic heterocycles. The summed E-state index contributed by atoms with van der Waals surface area (Å²) in [6.45, 7) is 15.1. The Balaban J connectivity index is 0.000000423. The van der Waals surface area contributed by atoms with Gasteiger partial charge >= 0.3 is 12.4 Å². The molecule has 0 saturated heterocycles. The smallest absolute Gasteiger partial charge is 0.328 e. The lowest BCUT2D eigenvalue weighted by molar-refractivity contribution is -0.143. The fourth-order valence-corrected chi connectivity index (χ4v) is 5.87. The van der Waals surface area contributed by atoms with E-state index in [1.54, 1.807) is 6.92 Å². The number of rotatable bonds is 12. The summed E-state index contributed by atoms with van der Waals surface area (Å²) in [7, 11) is 2.21. The van der Waals surface area contributed by atoms with Crippen LogP contribution in [0.15, 0.2) is 54.7 Å². The molecule has 0 unspecified atom stereocenters. The monoisotopic (exact) mass is 735 g/mol. The lowest BCUT2D eigenvalue weighted by Gasteiger charge is -2.22. The van der Waals surface area contributed by atoms with Crippen LogP contribution >= 0.6 is 0 Å². The zero-order valence-electron chi connectivity index (χ0n) is 32.0. The molecule has 0 spiro atoms. The van der Waals surface area contributed by atoms with E-state index >= 15 is 0 Å². The summed E-state index contributed by atoms with van der Waals surface area (Å²) >= 11 is 0. The van der Waals surface area contributed by atoms with Crippen molar-refractivity contribution < 1.29 is 26.3 Å². The molecule has 1 heterocycles. The summed E-state index contributed by atoms with van der Waals surface area (Å²) < 4.78 is 78.8. The van der Waals surface area contributed by atoms with E-state index in [-0.39, 0.29) is 12.0 Å². The average molecular weight is 736 g/mol. The van der Waals surface area contributed by atoms with Gasteiger partial charge in [-0.3, -0.25) is 0 Å². The number of halogens is 6. The van der Waals surface area contributed by atoms with Gasteiger partial charge in [-0.15, -0.1) is 0 Å². The van der Waals surface area contributed by atoms with Crippen LogP contribution in [0.3, 0.4) is 0 Å². The van der Waals surface area contributed by atoms with Crippen LogP contribution in [0.1, 0.15) is 126 Å². The minimum atomic E-state index is -4.94. The maximum absolute atomic E-state index is 13.1. The summed E-state index contributed by atoms with van der Waals surface area (Å²) in [6.07, 6.45) is 5.86. The van der Waals surface area contributed by atoms with E-state index < -0.39 is 29.2 Å². The second-order valence-corrected chi connectivity index (χ2v) is 13.7. The SMILES string of the molecule is CC/C=C(/c1ccc(CC)cc1)c1cnc(Nc2cc(C(F)(F)F)cc(C(F)(F)F)c2)nc1C.CC1CCC(N)CC1.CCCCCN(C)CCC. The predicted molar refractivity (Wildman–Crippen MR) is 203 cm³/mol. The number of unbranched alkanes of at least 4 members (excludes halogenated alkanes) is 2. The van der Waals surface area contributed by atoms with Crippen LogP contribution in [0.25, 0.3) is 5.57 Å². The minimum Gasteiger partial charge on any atom is -0.328 e. The first-order valence-corrected chi connectivity index (χ1v) is 18.7. The van der Waals surface area contributed by atoms with Crippen molar-refractivity contribution in [2.45, 2.75) is 124 Å². The van der Waals surface area contributed by atoms with Crippen molar-refractivity contribution in [2.24, 2.45) is 11.7 Å². The number of nitrogens with zero attached hydrogens (tertiary/aromatic N) is 3. The Morgan fingerprint density at radius 3 is 1.92 bits per heavy atom. The maximum atomic E-state index is 13.1. The average Bonchev–Trinajstić information content (AvgIpc) is 3.09. The molecule has 1 saturated carbocycles. The van der Waals surface area contributed by atoms with Crippen molar-refractivity contribution in [1.29, 1.82) is 0 Å². The Morgan fingerprint density at radius 2 is 1.46 bits per heavy atom. The van der Waals surface area contributed by atoms with Gasteiger partial charge in [0, 0.05) is 23.5 Å². The van der Waals surface area contributed by atoms with Crippen molar-refractivity contribution in [3.8, 4) is 0 Å². The van der Waals surface area contributed by atoms with Crippen LogP contribution in [0, 0.1) is 12.8 Å². The fourth-order valence-electron chi connectivity index (χ4n) is 5.87. The molecule has 52 heavy (non-hydrogen) atoms. The van der Waals surface area contributed by atoms with Crippen LogP contribution in [-0.4, -0.2) is 41.0 Å². The molecule has 0 radical (unpaired) electrons. The van der Waals surface area contributed by atoms with E-state index in [0.29, 0.717) is 23.9 Å². The van der Waals surface area contributed by atoms with Crippen molar-refractivity contribution in [3.63, 3.8) is 0 Å². The van der Waals surface area contributed by atoms with E-state index in [2.05, 4.69) is 54.9 Å². The van der Waals surface area contributed by atoms with Gasteiger partial charge in [0.1, 0.15) is 0 Å². The lowest BCUT2D eigenvalue weighted by atomic mass is 9.88. The molecule has 290 valence electrons. The van der Waals surface area contributed by atoms with Gasteiger partial charge in [-0.05, 0) is 119 Å². The van der Waals surface area contributed by atoms with Gasteiger partial charge in [-0.25, -0.2) is 9.97 Å². The molecule has 0 amide bonds. The molecule has 1 fully saturated rings. The molecule has 3 N–H and O–H groups in total. The number of nitrogens with one attached hydrogen (secondary N) is 1. The molecule has 1 aliphatic rings. The third-order valence-corrected chi connectivity index (χ3v) is 9.00. The number of hydrogen-bond donors (Lipinski definition) is 2. The zero-order valence-corrected chi connectivity index (χ0v) is 32.0. The Morgan fingerprint density at radius 1 is 0.865 bits per heavy atom. The van der Waals surface area contributed by atoms with Gasteiger partial charge in [0.15, 0.2) is 0 Å². The largest absolute Gasteiger partial charge is 0.416 e. The highest BCUT2D eigenvalue weighted by atomic mass is 19.4. The summed E-state index contributed by atoms with van der Waals surface area (Å²) in [6, 6.07) is 9.82. The second-order valence-electron chi connectivity index (χ2n) is 13.7. The summed E-state index contributed by atoms with van der Waals surface area (Å²) in [4.78, 5) is 10.9. The Labute approximate surface area is 307 Å². The normalized spacial score (nSPS) is 16.5. The standard InChI is InChI=1S/C25H23F6N3.C9H21N.C7H15N/c1-4-6-21(17-9-7-16(5-2)8-10-17)22-14-32-23(33-15(22)3)34-20-12-18(24(26,27)28)11-19(13-20)25(29,30)31;1-4-6-7-9-10(3)8-5-2;1-6-2-4-7(8)5-3-6/h6-14H,4-5H2,1-3H3,(H,32,33,34);4-9H2,1-3H3;6-7H,2-5,8H2,1H3/b21-6-;;. The fraction of sp³-hybridized carbons (Fsp3) is 0.561. The number of alkyl halides is 6. The van der Waals surface area contributed by atoms with Gasteiger partial charge in [0.05, 0.1) is 16.8 Å². The van der Waals surface area contributed by atoms with Crippen molar-refractivity contribution >= 4 is 17.2 Å². The minimum absolute atomic E-state index is 0.0754. The first-order chi connectivity index (χ1) is 24.5. The molecule has 0 atom stereocenters. The van der Waals surface area contributed by atoms with E-state index in [4.69, 9.17) is 5.73 Å². The van der Waals surface area contributed by atoms with Crippen LogP contribution in [0.2, 0.25) is 0 Å². The Hall–Kier alpha value is -3.44. The van der Waals surface area contributed by atoms with Gasteiger partial charge in [-0.1, -0.05) is 77.8 Å². The van der Waals surface area contributed by atoms with Gasteiger partial charge in [-0.2, -0.15) is 26.3 Å². The highest BCUT2D eigenvalue weighted by molar-refractivity contribution is 5.80. The molecule has 1 aliphatic carbocycles. The van der Waals surface area contributed by atoms with Crippen LogP contribution in [-0.2, 0) is 18.8 Å². The topological polar surface area (TPSA) is 67.1 Å². The van der Waals surface area contributed by atoms with Gasteiger partial charge in [0.2, 0.25) is 5.95 Å². The maximum Gasteiger partial charge on any atom is 0.416 e. The highest BCUT2D eigenvalue weighted by Gasteiger charge is 2.37. The first kappa shape index (κ1) is 44.7. The summed E-state index contributed by atoms with van der Waals surface area (Å²) in [5, 5.41) is 2.48. The van der Waals surface area contributed by atoms with Crippen molar-refractivity contribution in [2.75, 3.05) is 25.5 Å². The molecule has 5 nitrogen and oxygen atoms in total. The molecule has 2 aromatic carbocycles. The summed E-state index contributed by atoms with van der Waals surface area (Å²) in [5.74, 6) is 0.834. The molecule has 11 heteroatoms. The van der Waals surface area contributed by atoms with E-state index in [0.717, 1.165) is 35.5 Å². The quantitative estimate of drug-likeness (QED) is 0.143. The number of aromatic nitrogens is 2. The lowest BCUT2D eigenvalue weighted by Crippen LogP contribution is -2.25. The molecule has 0 aliphatic heterocycles. The van der Waals surface area contributed by atoms with Crippen LogP contribution in [0.5, 0.6) is 0 Å². The second kappa shape index (κ2) is 21.9. The Kier molecular flexibility index (Phi) is 18.9. The van der Waals surface area contributed by atoms with Crippen molar-refractivity contribution in [1.82, 2.24) is 14.9 Å². The summed E-state index contributed by atoms with van der Waals surface area (Å²) in [5.41, 5.74) is 6.75. The number of hydrogen-bond acceptors (Lipinski definition) is 5. The van der Waals surface area contributed by atoms with E-state index in [1.807, 2.05) is 37.3 Å². The van der Waals surface area contributed by atoms with E-state index in [1.165, 1.54) is 76.2 Å². The number of allylic oxidation sites excluding steroid dienone is 1. The zero-order chi connectivity index (χ0) is 38.9. The van der Waals surface area contributed by atoms with E-state index in [9.17, 15) is 26.3 Å². The highest BCUT2D eigenvalue weighted by Crippen LogP contribution is 2.38. The molecule has 4 rings (SSSR count). The first-order valence-electron chi connectivity index (χ1n) is 18.7. The van der Waals surface area contributed by atoms with Crippen LogP contribution < -0.4 is 11.1 Å². The van der Waals surface area contributed by atoms with Crippen molar-refractivity contribution in [3.05, 3.63) is 88.2 Å². The molecular formula is C41H59F6N5. The van der Waals surface area contributed by atoms with Gasteiger partial charge < -0.3 is 16.0 Å². The molecule has 3 aromatic rings. The number of aryl methyl sites for hydroxylation is 2. The molecular weight excluding hydrogens is 676 g/mol. The number of nitrogens with two attached hydrogens (primary N) is 1. The number of benzene rings is 2. The van der Waals surface area contributed by atoms with Crippen LogP contribution in [0.4, 0.5) is 38.0 Å². The number of anilines is 2.